The van der Waals surface area contributed by atoms with Crippen LogP contribution in [0.15, 0.2) is 10.9 Å². The van der Waals surface area contributed by atoms with Crippen molar-refractivity contribution < 1.29 is 9.90 Å². The van der Waals surface area contributed by atoms with Crippen LogP contribution in [0.4, 0.5) is 0 Å². The van der Waals surface area contributed by atoms with Crippen LogP contribution in [0.5, 0.6) is 0 Å². The smallest absolute Gasteiger partial charge is 0.267 e. The third-order valence-electron chi connectivity index (χ3n) is 1.49. The van der Waals surface area contributed by atoms with Gasteiger partial charge in [0, 0.05) is 13.0 Å². The number of rotatable bonds is 3. The Morgan fingerprint density at radius 1 is 1.75 bits per heavy atom. The average Bonchev–Trinajstić information content (AvgIpc) is 2.34. The predicted molar refractivity (Wildman–Crippen MR) is 42.1 cm³/mol. The van der Waals surface area contributed by atoms with Gasteiger partial charge in [0.05, 0.1) is 13.2 Å². The molecule has 1 aromatic heterocycles. The van der Waals surface area contributed by atoms with Crippen molar-refractivity contribution in [2.24, 2.45) is 0 Å². The number of hydrogen-bond acceptors (Lipinski definition) is 3. The Labute approximate surface area is 68.6 Å². The van der Waals surface area contributed by atoms with Crippen molar-refractivity contribution >= 4 is 5.78 Å². The first-order chi connectivity index (χ1) is 5.65. The van der Waals surface area contributed by atoms with E-state index in [0.717, 1.165) is 0 Å². The van der Waals surface area contributed by atoms with Crippen molar-refractivity contribution in [3.8, 4) is 0 Å². The van der Waals surface area contributed by atoms with Crippen molar-refractivity contribution in [2.45, 2.75) is 13.5 Å². The summed E-state index contributed by atoms with van der Waals surface area (Å²) in [5.74, 6) is -0.191. The Balaban J connectivity index is 3.00. The standard InChI is InChI=1S/C7H10N2O3/c1-5(11)6-4-7(12)9(8-6)2-3-10/h4,8,10H,2-3H2,1H3. The van der Waals surface area contributed by atoms with Crippen LogP contribution >= 0.6 is 0 Å². The lowest BCUT2D eigenvalue weighted by atomic mass is 10.3. The minimum Gasteiger partial charge on any atom is -0.394 e. The maximum atomic E-state index is 11.0. The number of aliphatic hydroxyl groups excluding tert-OH is 1. The number of Topliss-reactive ketones (excluding diaryl/α,β-unsaturated/α-hetero) is 1. The molecule has 0 radical (unpaired) electrons. The summed E-state index contributed by atoms with van der Waals surface area (Å²) in [7, 11) is 0. The highest BCUT2D eigenvalue weighted by atomic mass is 16.3. The number of nitrogens with zero attached hydrogens (tertiary/aromatic N) is 1. The fourth-order valence-electron chi connectivity index (χ4n) is 0.881. The van der Waals surface area contributed by atoms with Gasteiger partial charge in [-0.25, -0.2) is 0 Å². The van der Waals surface area contributed by atoms with Crippen LogP contribution in [0, 0.1) is 0 Å². The third kappa shape index (κ3) is 1.62. The molecule has 12 heavy (non-hydrogen) atoms. The molecule has 0 amide bonds. The van der Waals surface area contributed by atoms with Crippen molar-refractivity contribution in [3.63, 3.8) is 0 Å². The van der Waals surface area contributed by atoms with Gasteiger partial charge in [0.1, 0.15) is 5.69 Å². The Kier molecular flexibility index (Phi) is 2.44. The highest BCUT2D eigenvalue weighted by molar-refractivity contribution is 5.91. The van der Waals surface area contributed by atoms with Gasteiger partial charge in [-0.3, -0.25) is 19.4 Å². The second-order valence-corrected chi connectivity index (χ2v) is 2.44. The van der Waals surface area contributed by atoms with Crippen LogP contribution in [-0.4, -0.2) is 27.3 Å². The van der Waals surface area contributed by atoms with E-state index in [1.807, 2.05) is 0 Å². The lowest BCUT2D eigenvalue weighted by molar-refractivity contribution is 0.101. The van der Waals surface area contributed by atoms with Crippen LogP contribution < -0.4 is 5.56 Å². The highest BCUT2D eigenvalue weighted by Crippen LogP contribution is 1.90. The first-order valence-corrected chi connectivity index (χ1v) is 3.57. The maximum absolute atomic E-state index is 11.0. The summed E-state index contributed by atoms with van der Waals surface area (Å²) in [5, 5.41) is 11.1. The van der Waals surface area contributed by atoms with Crippen molar-refractivity contribution in [2.75, 3.05) is 6.61 Å². The quantitative estimate of drug-likeness (QED) is 0.593. The maximum Gasteiger partial charge on any atom is 0.267 e. The number of nitrogens with one attached hydrogen (secondary N) is 1. The summed E-state index contributed by atoms with van der Waals surface area (Å²) in [6.45, 7) is 1.43. The molecule has 0 aliphatic carbocycles. The largest absolute Gasteiger partial charge is 0.394 e. The molecule has 0 saturated heterocycles. The fraction of sp³-hybridized carbons (Fsp3) is 0.429. The van der Waals surface area contributed by atoms with Gasteiger partial charge in [0.2, 0.25) is 0 Å². The van der Waals surface area contributed by atoms with E-state index >= 15 is 0 Å². The van der Waals surface area contributed by atoms with E-state index < -0.39 is 0 Å². The van der Waals surface area contributed by atoms with E-state index in [9.17, 15) is 9.59 Å². The summed E-state index contributed by atoms with van der Waals surface area (Å²) >= 11 is 0. The molecule has 0 aliphatic rings. The molecule has 1 heterocycles. The third-order valence-corrected chi connectivity index (χ3v) is 1.49. The van der Waals surface area contributed by atoms with E-state index in [4.69, 9.17) is 5.11 Å². The van der Waals surface area contributed by atoms with Crippen LogP contribution in [0.1, 0.15) is 17.4 Å². The van der Waals surface area contributed by atoms with Crippen molar-refractivity contribution in [1.29, 1.82) is 0 Å². The monoisotopic (exact) mass is 170 g/mol. The summed E-state index contributed by atoms with van der Waals surface area (Å²) < 4.78 is 1.19. The molecule has 0 unspecified atom stereocenters. The molecule has 0 fully saturated rings. The van der Waals surface area contributed by atoms with Crippen LogP contribution in [0.3, 0.4) is 0 Å². The number of H-pyrrole nitrogens is 1. The summed E-state index contributed by atoms with van der Waals surface area (Å²) in [5.41, 5.74) is -0.0253. The van der Waals surface area contributed by atoms with Gasteiger partial charge in [-0.05, 0) is 0 Å². The van der Waals surface area contributed by atoms with Gasteiger partial charge in [0.15, 0.2) is 5.78 Å². The molecule has 0 aliphatic heterocycles. The van der Waals surface area contributed by atoms with Crippen LogP contribution in [0.25, 0.3) is 0 Å². The normalized spacial score (nSPS) is 10.2. The van der Waals surface area contributed by atoms with Gasteiger partial charge < -0.3 is 5.11 Å². The summed E-state index contributed by atoms with van der Waals surface area (Å²) in [4.78, 5) is 21.8. The number of carbonyl (C=O) groups is 1. The molecule has 0 atom stereocenters. The molecule has 1 aromatic rings. The fourth-order valence-corrected chi connectivity index (χ4v) is 0.881. The van der Waals surface area contributed by atoms with Crippen molar-refractivity contribution in [1.82, 2.24) is 9.78 Å². The minimum absolute atomic E-state index is 0.127. The molecule has 0 aromatic carbocycles. The molecule has 0 spiro atoms. The lowest BCUT2D eigenvalue weighted by Gasteiger charge is -1.95. The number of hydrogen-bond donors (Lipinski definition) is 2. The second-order valence-electron chi connectivity index (χ2n) is 2.44. The summed E-state index contributed by atoms with van der Waals surface area (Å²) in [6.07, 6.45) is 0. The molecule has 0 bridgehead atoms. The zero-order valence-electron chi connectivity index (χ0n) is 6.70. The van der Waals surface area contributed by atoms with Gasteiger partial charge in [-0.2, -0.15) is 0 Å². The van der Waals surface area contributed by atoms with Crippen LogP contribution in [-0.2, 0) is 6.54 Å². The van der Waals surface area contributed by atoms with Gasteiger partial charge in [-0.1, -0.05) is 0 Å². The molecule has 5 nitrogen and oxygen atoms in total. The topological polar surface area (TPSA) is 75.1 Å². The second kappa shape index (κ2) is 3.36. The molecular formula is C7H10N2O3. The van der Waals surface area contributed by atoms with E-state index in [0.29, 0.717) is 0 Å². The number of ketones is 1. The van der Waals surface area contributed by atoms with Crippen molar-refractivity contribution in [3.05, 3.63) is 22.1 Å². The first-order valence-electron chi connectivity index (χ1n) is 3.57. The average molecular weight is 170 g/mol. The molecule has 0 saturated carbocycles. The van der Waals surface area contributed by atoms with Crippen LogP contribution in [0.2, 0.25) is 0 Å². The van der Waals surface area contributed by atoms with Gasteiger partial charge in [-0.15, -0.1) is 0 Å². The first kappa shape index (κ1) is 8.73. The zero-order valence-corrected chi connectivity index (χ0v) is 6.70. The molecule has 2 N–H and O–H groups in total. The lowest BCUT2D eigenvalue weighted by Crippen LogP contribution is -2.17. The Morgan fingerprint density at radius 2 is 2.42 bits per heavy atom. The number of aromatic nitrogens is 2. The summed E-state index contributed by atoms with van der Waals surface area (Å²) in [6, 6.07) is 1.22. The Morgan fingerprint density at radius 3 is 2.83 bits per heavy atom. The highest BCUT2D eigenvalue weighted by Gasteiger charge is 2.05. The number of carbonyl (C=O) groups excluding carboxylic acids is 1. The Bertz CT molecular complexity index is 337. The number of aromatic amines is 1. The van der Waals surface area contributed by atoms with E-state index in [1.54, 1.807) is 0 Å². The molecule has 5 heteroatoms. The number of aliphatic hydroxyl groups is 1. The minimum atomic E-state index is -0.297. The van der Waals surface area contributed by atoms with E-state index in [-0.39, 0.29) is 30.2 Å². The molecule has 1 rings (SSSR count). The van der Waals surface area contributed by atoms with Gasteiger partial charge in [0.25, 0.3) is 5.56 Å². The zero-order chi connectivity index (χ0) is 9.14. The molecular weight excluding hydrogens is 160 g/mol. The predicted octanol–water partition coefficient (Wildman–Crippen LogP) is -0.629. The van der Waals surface area contributed by atoms with E-state index in [1.165, 1.54) is 17.7 Å². The van der Waals surface area contributed by atoms with E-state index in [2.05, 4.69) is 5.10 Å². The SMILES string of the molecule is CC(=O)c1cc(=O)n(CCO)[nH]1. The Hall–Kier alpha value is -1.36. The van der Waals surface area contributed by atoms with Gasteiger partial charge >= 0.3 is 0 Å². The molecule has 66 valence electrons.